The summed E-state index contributed by atoms with van der Waals surface area (Å²) in [6.45, 7) is 1.96. The molecule has 4 atom stereocenters. The number of rotatable bonds is 3. The summed E-state index contributed by atoms with van der Waals surface area (Å²) in [4.78, 5) is 28.2. The molecular formula is C22H25F4N3O4. The predicted molar refractivity (Wildman–Crippen MR) is 106 cm³/mol. The van der Waals surface area contributed by atoms with Crippen molar-refractivity contribution in [1.82, 2.24) is 15.1 Å². The molecular weight excluding hydrogens is 446 g/mol. The van der Waals surface area contributed by atoms with Crippen LogP contribution in [0.5, 0.6) is 0 Å². The first kappa shape index (κ1) is 22.4. The number of nitrogens with one attached hydrogen (secondary N) is 1. The van der Waals surface area contributed by atoms with Gasteiger partial charge in [-0.1, -0.05) is 6.07 Å². The maximum Gasteiger partial charge on any atom is 0.416 e. The number of amides is 3. The first-order valence-corrected chi connectivity index (χ1v) is 11.1. The lowest BCUT2D eigenvalue weighted by atomic mass is 9.68. The summed E-state index contributed by atoms with van der Waals surface area (Å²) < 4.78 is 63.6. The number of likely N-dealkylation sites (tertiary alicyclic amines) is 1. The average molecular weight is 471 g/mol. The molecule has 4 heterocycles. The Kier molecular flexibility index (Phi) is 5.72. The molecule has 5 aliphatic rings. The highest BCUT2D eigenvalue weighted by molar-refractivity contribution is 5.79. The van der Waals surface area contributed by atoms with Gasteiger partial charge in [-0.2, -0.15) is 13.2 Å². The number of carbonyl (C=O) groups is 2. The Bertz CT molecular complexity index is 931. The number of halogens is 4. The van der Waals surface area contributed by atoms with Crippen LogP contribution in [0.3, 0.4) is 0 Å². The Hall–Kier alpha value is -2.40. The number of hydrogen-bond acceptors (Lipinski definition) is 4. The first-order chi connectivity index (χ1) is 15.7. The van der Waals surface area contributed by atoms with E-state index in [0.717, 1.165) is 18.6 Å². The van der Waals surface area contributed by atoms with E-state index in [4.69, 9.17) is 9.47 Å². The number of piperidine rings is 3. The molecule has 33 heavy (non-hydrogen) atoms. The van der Waals surface area contributed by atoms with Gasteiger partial charge in [-0.15, -0.1) is 0 Å². The summed E-state index contributed by atoms with van der Waals surface area (Å²) in [5.74, 6) is -0.886. The van der Waals surface area contributed by atoms with Gasteiger partial charge >= 0.3 is 12.2 Å². The normalized spacial score (nSPS) is 31.5. The number of hydrogen-bond donors (Lipinski definition) is 1. The van der Waals surface area contributed by atoms with Crippen LogP contribution in [0.25, 0.3) is 0 Å². The van der Waals surface area contributed by atoms with Gasteiger partial charge in [0.2, 0.25) is 5.91 Å². The smallest absolute Gasteiger partial charge is 0.373 e. The minimum absolute atomic E-state index is 0.0579. The number of ether oxygens (including phenoxy) is 2. The molecule has 5 fully saturated rings. The van der Waals surface area contributed by atoms with E-state index >= 15 is 0 Å². The summed E-state index contributed by atoms with van der Waals surface area (Å²) in [7, 11) is 0. The number of urea groups is 1. The summed E-state index contributed by atoms with van der Waals surface area (Å²) in [5, 5.41) is 2.89. The molecule has 1 aromatic carbocycles. The van der Waals surface area contributed by atoms with E-state index in [1.807, 2.05) is 0 Å². The van der Waals surface area contributed by atoms with Crippen LogP contribution in [0.2, 0.25) is 0 Å². The molecule has 1 N–H and O–H groups in total. The van der Waals surface area contributed by atoms with Crippen LogP contribution in [-0.4, -0.2) is 72.8 Å². The topological polar surface area (TPSA) is 71.1 Å². The van der Waals surface area contributed by atoms with E-state index in [1.54, 1.807) is 9.80 Å². The molecule has 180 valence electrons. The highest BCUT2D eigenvalue weighted by atomic mass is 19.4. The van der Waals surface area contributed by atoms with Gasteiger partial charge in [0.1, 0.15) is 12.4 Å². The third kappa shape index (κ3) is 4.40. The first-order valence-electron chi connectivity index (χ1n) is 11.1. The second-order valence-corrected chi connectivity index (χ2v) is 9.28. The van der Waals surface area contributed by atoms with Gasteiger partial charge in [0, 0.05) is 43.6 Å². The fourth-order valence-corrected chi connectivity index (χ4v) is 5.37. The monoisotopic (exact) mass is 471 g/mol. The van der Waals surface area contributed by atoms with E-state index in [2.05, 4.69) is 5.32 Å². The Morgan fingerprint density at radius 1 is 1.18 bits per heavy atom. The van der Waals surface area contributed by atoms with Gasteiger partial charge in [-0.25, -0.2) is 9.18 Å². The van der Waals surface area contributed by atoms with Gasteiger partial charge in [0.25, 0.3) is 0 Å². The van der Waals surface area contributed by atoms with E-state index in [1.165, 1.54) is 0 Å². The maximum atomic E-state index is 14.1. The second kappa shape index (κ2) is 8.43. The van der Waals surface area contributed by atoms with Crippen molar-refractivity contribution >= 4 is 11.9 Å². The molecule has 11 heteroatoms. The zero-order valence-electron chi connectivity index (χ0n) is 17.8. The number of nitrogens with zero attached hydrogens (tertiary/aromatic N) is 2. The van der Waals surface area contributed by atoms with Crippen molar-refractivity contribution in [2.24, 2.45) is 11.8 Å². The van der Waals surface area contributed by atoms with Crippen LogP contribution in [0.4, 0.5) is 22.4 Å². The van der Waals surface area contributed by atoms with Crippen LogP contribution >= 0.6 is 0 Å². The highest BCUT2D eigenvalue weighted by Crippen LogP contribution is 2.43. The molecule has 2 unspecified atom stereocenters. The largest absolute Gasteiger partial charge is 0.416 e. The average Bonchev–Trinajstić information content (AvgIpc) is 2.78. The van der Waals surface area contributed by atoms with Crippen LogP contribution in [-0.2, 0) is 27.1 Å². The quantitative estimate of drug-likeness (QED) is 0.688. The van der Waals surface area contributed by atoms with Crippen LogP contribution in [0.15, 0.2) is 18.2 Å². The zero-order chi connectivity index (χ0) is 23.3. The summed E-state index contributed by atoms with van der Waals surface area (Å²) >= 11 is 0. The Balaban J connectivity index is 1.13. The molecule has 1 saturated carbocycles. The van der Waals surface area contributed by atoms with E-state index < -0.39 is 17.6 Å². The molecule has 3 amide bonds. The van der Waals surface area contributed by atoms with Gasteiger partial charge in [0.05, 0.1) is 30.4 Å². The predicted octanol–water partition coefficient (Wildman–Crippen LogP) is 2.39. The molecule has 0 aromatic heterocycles. The van der Waals surface area contributed by atoms with E-state index in [9.17, 15) is 27.2 Å². The van der Waals surface area contributed by atoms with Crippen molar-refractivity contribution in [1.29, 1.82) is 0 Å². The van der Waals surface area contributed by atoms with Gasteiger partial charge in [0.15, 0.2) is 0 Å². The number of benzene rings is 1. The summed E-state index contributed by atoms with van der Waals surface area (Å²) in [6, 6.07) is 2.18. The third-order valence-corrected chi connectivity index (χ3v) is 7.12. The number of fused-ring (bicyclic) bond motifs is 3. The standard InChI is InChI=1S/C22H25F4N3O4/c23-16-6-15(22(24,25)26)2-1-12(16)10-33-20-13-5-14(20)8-29(7-13)21(31)28-4-3-18-17(9-28)27-19(30)11-32-18/h1-2,6,13-14,17-18,20H,3-5,7-11H2,(H,27,30)/t13?,14?,17-,18+,20?/m1/s1. The lowest BCUT2D eigenvalue weighted by Crippen LogP contribution is -2.65. The molecule has 4 aliphatic heterocycles. The Morgan fingerprint density at radius 3 is 2.64 bits per heavy atom. The van der Waals surface area contributed by atoms with Crippen molar-refractivity contribution in [2.45, 2.75) is 43.9 Å². The fraction of sp³-hybridized carbons (Fsp3) is 0.636. The lowest BCUT2D eigenvalue weighted by molar-refractivity contribution is -0.145. The second-order valence-electron chi connectivity index (χ2n) is 9.28. The van der Waals surface area contributed by atoms with Crippen molar-refractivity contribution in [3.05, 3.63) is 35.1 Å². The van der Waals surface area contributed by atoms with E-state index in [-0.39, 0.29) is 60.8 Å². The minimum Gasteiger partial charge on any atom is -0.373 e. The highest BCUT2D eigenvalue weighted by Gasteiger charge is 2.50. The van der Waals surface area contributed by atoms with Crippen LogP contribution in [0, 0.1) is 17.7 Å². The Labute approximate surface area is 188 Å². The molecule has 6 rings (SSSR count). The molecule has 0 radical (unpaired) electrons. The third-order valence-electron chi connectivity index (χ3n) is 7.12. The SMILES string of the molecule is O=C1CO[C@H]2CCN(C(=O)N3CC4CC(C3)C4OCc3ccc(C(F)(F)F)cc3F)C[C@H]2N1. The number of carbonyl (C=O) groups excluding carboxylic acids is 2. The summed E-state index contributed by atoms with van der Waals surface area (Å²) in [5.41, 5.74) is -0.942. The number of alkyl halides is 3. The molecule has 1 aliphatic carbocycles. The van der Waals surface area contributed by atoms with Crippen molar-refractivity contribution in [2.75, 3.05) is 32.8 Å². The zero-order valence-corrected chi connectivity index (χ0v) is 17.8. The Morgan fingerprint density at radius 2 is 1.94 bits per heavy atom. The molecule has 7 nitrogen and oxygen atoms in total. The van der Waals surface area contributed by atoms with Gasteiger partial charge in [-0.3, -0.25) is 4.79 Å². The summed E-state index contributed by atoms with van der Waals surface area (Å²) in [6.07, 6.45) is -3.23. The minimum atomic E-state index is -4.59. The molecule has 1 aromatic rings. The molecule has 0 spiro atoms. The van der Waals surface area contributed by atoms with Crippen LogP contribution < -0.4 is 5.32 Å². The fourth-order valence-electron chi connectivity index (χ4n) is 5.37. The lowest BCUT2D eigenvalue weighted by Gasteiger charge is -2.54. The number of morpholine rings is 1. The van der Waals surface area contributed by atoms with Crippen molar-refractivity contribution in [3.8, 4) is 0 Å². The van der Waals surface area contributed by atoms with Crippen molar-refractivity contribution in [3.63, 3.8) is 0 Å². The maximum absolute atomic E-state index is 14.1. The van der Waals surface area contributed by atoms with Crippen LogP contribution in [0.1, 0.15) is 24.0 Å². The molecule has 4 saturated heterocycles. The van der Waals surface area contributed by atoms with Gasteiger partial charge in [-0.05, 0) is 25.0 Å². The molecule has 2 bridgehead atoms. The van der Waals surface area contributed by atoms with Crippen molar-refractivity contribution < 1.29 is 36.6 Å². The van der Waals surface area contributed by atoms with Gasteiger partial charge < -0.3 is 24.6 Å². The van der Waals surface area contributed by atoms with E-state index in [0.29, 0.717) is 38.7 Å².